The zero-order valence-electron chi connectivity index (χ0n) is 14.9. The second kappa shape index (κ2) is 13.0. The van der Waals surface area contributed by atoms with Crippen LogP contribution in [-0.2, 0) is 14.3 Å². The van der Waals surface area contributed by atoms with E-state index in [0.29, 0.717) is 45.0 Å². The number of ketones is 1. The minimum atomic E-state index is -0.404. The lowest BCUT2D eigenvalue weighted by molar-refractivity contribution is -0.123. The molecule has 5 nitrogen and oxygen atoms in total. The van der Waals surface area contributed by atoms with Crippen LogP contribution in [0.5, 0.6) is 5.75 Å². The molecule has 1 aromatic carbocycles. The molecule has 7 heteroatoms. The van der Waals surface area contributed by atoms with Gasteiger partial charge < -0.3 is 19.5 Å². The number of rotatable bonds is 14. The Hall–Kier alpha value is -1.31. The molecule has 0 saturated carbocycles. The van der Waals surface area contributed by atoms with Crippen molar-refractivity contribution in [2.45, 2.75) is 38.5 Å². The Labute approximate surface area is 154 Å². The van der Waals surface area contributed by atoms with Crippen LogP contribution in [0.25, 0.3) is 0 Å². The van der Waals surface area contributed by atoms with Crippen molar-refractivity contribution in [3.8, 4) is 5.75 Å². The predicted octanol–water partition coefficient (Wildman–Crippen LogP) is 3.68. The van der Waals surface area contributed by atoms with Gasteiger partial charge in [-0.1, -0.05) is 6.92 Å². The number of carbonyl (C=O) groups excluding carboxylic acids is 1. The fourth-order valence-electron chi connectivity index (χ4n) is 1.95. The lowest BCUT2D eigenvalue weighted by Gasteiger charge is -2.12. The van der Waals surface area contributed by atoms with Gasteiger partial charge in [0.05, 0.1) is 12.0 Å². The molecule has 1 N–H and O–H groups in total. The smallest absolute Gasteiger partial charge is 0.167 e. The van der Waals surface area contributed by atoms with Crippen molar-refractivity contribution < 1.29 is 23.4 Å². The monoisotopic (exact) mass is 373 g/mol. The average Bonchev–Trinajstić information content (AvgIpc) is 2.57. The molecule has 0 aromatic heterocycles. The first-order chi connectivity index (χ1) is 12.0. The Morgan fingerprint density at radius 3 is 2.52 bits per heavy atom. The molecule has 0 bridgehead atoms. The molecule has 0 saturated heterocycles. The highest BCUT2D eigenvalue weighted by Gasteiger charge is 2.05. The summed E-state index contributed by atoms with van der Waals surface area (Å²) < 4.78 is 29.9. The van der Waals surface area contributed by atoms with Gasteiger partial charge in [0.1, 0.15) is 6.61 Å². The number of nitrogens with one attached hydrogen (secondary N) is 1. The van der Waals surface area contributed by atoms with Crippen LogP contribution in [0.4, 0.5) is 10.1 Å². The summed E-state index contributed by atoms with van der Waals surface area (Å²) in [7, 11) is 0. The summed E-state index contributed by atoms with van der Waals surface area (Å²) in [5.74, 6) is -0.0701. The number of Topliss-reactive ketones (excluding diaryl/α,β-unsaturated/α-hetero) is 1. The van der Waals surface area contributed by atoms with E-state index in [1.54, 1.807) is 12.1 Å². The van der Waals surface area contributed by atoms with Gasteiger partial charge in [-0.15, -0.1) is 0 Å². The minimum absolute atomic E-state index is 0.0548. The predicted molar refractivity (Wildman–Crippen MR) is 100 cm³/mol. The molecule has 1 aromatic rings. The number of benzene rings is 1. The first-order valence-electron chi connectivity index (χ1n) is 8.57. The standard InChI is InChI=1S/C18H28FNO4S/c1-3-16(21)13-23-10-4-8-22-9-5-11-24-18-7-6-15(12-17(18)19)20-14(2)25/h6-7,12,14,20,25H,3-5,8-11,13H2,1-2H3. The van der Waals surface area contributed by atoms with Crippen LogP contribution in [0.1, 0.15) is 33.1 Å². The second-order valence-corrected chi connectivity index (χ2v) is 6.35. The summed E-state index contributed by atoms with van der Waals surface area (Å²) in [4.78, 5) is 11.0. The Bertz CT molecular complexity index is 514. The molecule has 0 spiro atoms. The van der Waals surface area contributed by atoms with Gasteiger partial charge in [0.15, 0.2) is 17.3 Å². The van der Waals surface area contributed by atoms with Crippen molar-refractivity contribution in [3.05, 3.63) is 24.0 Å². The van der Waals surface area contributed by atoms with Crippen LogP contribution in [0.3, 0.4) is 0 Å². The Morgan fingerprint density at radius 1 is 1.20 bits per heavy atom. The van der Waals surface area contributed by atoms with Crippen molar-refractivity contribution >= 4 is 24.1 Å². The molecular formula is C18H28FNO4S. The molecule has 0 aliphatic rings. The fraction of sp³-hybridized carbons (Fsp3) is 0.611. The van der Waals surface area contributed by atoms with Gasteiger partial charge in [0.2, 0.25) is 0 Å². The van der Waals surface area contributed by atoms with Crippen LogP contribution in [0, 0.1) is 5.82 Å². The van der Waals surface area contributed by atoms with Gasteiger partial charge in [0, 0.05) is 44.4 Å². The normalized spacial score (nSPS) is 12.0. The van der Waals surface area contributed by atoms with Gasteiger partial charge in [-0.25, -0.2) is 4.39 Å². The van der Waals surface area contributed by atoms with Crippen LogP contribution in [-0.4, -0.2) is 44.2 Å². The van der Waals surface area contributed by atoms with E-state index in [2.05, 4.69) is 17.9 Å². The number of halogens is 1. The van der Waals surface area contributed by atoms with Crippen molar-refractivity contribution in [1.29, 1.82) is 0 Å². The van der Waals surface area contributed by atoms with Gasteiger partial charge in [-0.05, 0) is 25.5 Å². The summed E-state index contributed by atoms with van der Waals surface area (Å²) in [6.07, 6.45) is 1.91. The molecule has 0 aliphatic heterocycles. The van der Waals surface area contributed by atoms with E-state index in [1.165, 1.54) is 6.07 Å². The minimum Gasteiger partial charge on any atom is -0.490 e. The SMILES string of the molecule is CCC(=O)COCCCOCCCOc1ccc(NC(C)S)cc1F. The summed E-state index contributed by atoms with van der Waals surface area (Å²) >= 11 is 4.20. The summed E-state index contributed by atoms with van der Waals surface area (Å²) in [6.45, 7) is 5.85. The molecule has 1 unspecified atom stereocenters. The summed E-state index contributed by atoms with van der Waals surface area (Å²) in [6, 6.07) is 4.75. The summed E-state index contributed by atoms with van der Waals surface area (Å²) in [5, 5.41) is 2.95. The molecule has 1 atom stereocenters. The highest BCUT2D eigenvalue weighted by molar-refractivity contribution is 7.81. The highest BCUT2D eigenvalue weighted by atomic mass is 32.1. The fourth-order valence-corrected chi connectivity index (χ4v) is 2.09. The maximum atomic E-state index is 13.9. The van der Waals surface area contributed by atoms with E-state index in [-0.39, 0.29) is 23.5 Å². The molecule has 1 rings (SSSR count). The van der Waals surface area contributed by atoms with E-state index in [0.717, 1.165) is 6.42 Å². The maximum Gasteiger partial charge on any atom is 0.167 e. The number of hydrogen-bond acceptors (Lipinski definition) is 6. The number of carbonyl (C=O) groups is 1. The number of anilines is 1. The van der Waals surface area contributed by atoms with Gasteiger partial charge >= 0.3 is 0 Å². The average molecular weight is 373 g/mol. The van der Waals surface area contributed by atoms with Gasteiger partial charge in [0.25, 0.3) is 0 Å². The van der Waals surface area contributed by atoms with E-state index in [1.807, 2.05) is 13.8 Å². The molecule has 0 heterocycles. The lowest BCUT2D eigenvalue weighted by atomic mass is 10.3. The van der Waals surface area contributed by atoms with Crippen LogP contribution >= 0.6 is 12.6 Å². The van der Waals surface area contributed by atoms with Crippen LogP contribution < -0.4 is 10.1 Å². The molecule has 0 fully saturated rings. The first kappa shape index (κ1) is 21.7. The molecule has 25 heavy (non-hydrogen) atoms. The third-order valence-corrected chi connectivity index (χ3v) is 3.36. The molecule has 142 valence electrons. The van der Waals surface area contributed by atoms with E-state index >= 15 is 0 Å². The second-order valence-electron chi connectivity index (χ2n) is 5.58. The molecule has 0 aliphatic carbocycles. The number of thiol groups is 1. The topological polar surface area (TPSA) is 56.8 Å². The first-order valence-corrected chi connectivity index (χ1v) is 9.08. The zero-order chi connectivity index (χ0) is 18.5. The van der Waals surface area contributed by atoms with Crippen LogP contribution in [0.15, 0.2) is 18.2 Å². The molecular weight excluding hydrogens is 345 g/mol. The van der Waals surface area contributed by atoms with Crippen LogP contribution in [0.2, 0.25) is 0 Å². The largest absolute Gasteiger partial charge is 0.490 e. The Balaban J connectivity index is 2.05. The van der Waals surface area contributed by atoms with E-state index in [4.69, 9.17) is 14.2 Å². The van der Waals surface area contributed by atoms with Crippen molar-refractivity contribution in [2.75, 3.05) is 38.4 Å². The Kier molecular flexibility index (Phi) is 11.3. The highest BCUT2D eigenvalue weighted by Crippen LogP contribution is 2.22. The van der Waals surface area contributed by atoms with Crippen molar-refractivity contribution in [1.82, 2.24) is 0 Å². The van der Waals surface area contributed by atoms with Gasteiger partial charge in [-0.2, -0.15) is 12.6 Å². The van der Waals surface area contributed by atoms with Crippen molar-refractivity contribution in [2.24, 2.45) is 0 Å². The number of ether oxygens (including phenoxy) is 3. The van der Waals surface area contributed by atoms with E-state index < -0.39 is 5.82 Å². The van der Waals surface area contributed by atoms with Crippen molar-refractivity contribution in [3.63, 3.8) is 0 Å². The molecule has 0 amide bonds. The van der Waals surface area contributed by atoms with E-state index in [9.17, 15) is 9.18 Å². The lowest BCUT2D eigenvalue weighted by Crippen LogP contribution is -2.10. The maximum absolute atomic E-state index is 13.9. The van der Waals surface area contributed by atoms with Gasteiger partial charge in [-0.3, -0.25) is 4.79 Å². The Morgan fingerprint density at radius 2 is 1.88 bits per heavy atom. The third-order valence-electron chi connectivity index (χ3n) is 3.23. The quantitative estimate of drug-likeness (QED) is 0.296. The molecule has 0 radical (unpaired) electrons. The third kappa shape index (κ3) is 10.3. The number of hydrogen-bond donors (Lipinski definition) is 2. The zero-order valence-corrected chi connectivity index (χ0v) is 15.8. The summed E-state index contributed by atoms with van der Waals surface area (Å²) in [5.41, 5.74) is 0.665.